The molecule has 0 atom stereocenters. The van der Waals surface area contributed by atoms with E-state index in [1.54, 1.807) is 32.9 Å². The summed E-state index contributed by atoms with van der Waals surface area (Å²) in [5.41, 5.74) is -0.569. The van der Waals surface area contributed by atoms with Gasteiger partial charge in [0.25, 0.3) is 0 Å². The standard InChI is InChI=1S/C15H24N4O5/c1-15(2,3)24-14(22)17-7-6-16-12(20)10-19-13(21)18-9-11-5-4-8-23-11/h4-5,8H,6-7,9-10H2,1-3H3,(H,16,20)(H,17,22)(H2,18,19,21). The number of carbonyl (C=O) groups excluding carboxylic acids is 3. The van der Waals surface area contributed by atoms with Gasteiger partial charge in [0.2, 0.25) is 5.91 Å². The predicted molar refractivity (Wildman–Crippen MR) is 86.2 cm³/mol. The molecule has 9 nitrogen and oxygen atoms in total. The number of nitrogens with one attached hydrogen (secondary N) is 4. The highest BCUT2D eigenvalue weighted by atomic mass is 16.6. The van der Waals surface area contributed by atoms with Gasteiger partial charge in [0.15, 0.2) is 0 Å². The summed E-state index contributed by atoms with van der Waals surface area (Å²) < 4.78 is 10.1. The lowest BCUT2D eigenvalue weighted by atomic mass is 10.2. The van der Waals surface area contributed by atoms with Crippen LogP contribution in [-0.2, 0) is 16.1 Å². The third-order valence-corrected chi connectivity index (χ3v) is 2.53. The SMILES string of the molecule is CC(C)(C)OC(=O)NCCNC(=O)CNC(=O)NCc1ccco1. The molecule has 0 radical (unpaired) electrons. The molecule has 0 aliphatic heterocycles. The van der Waals surface area contributed by atoms with Crippen molar-refractivity contribution in [3.05, 3.63) is 24.2 Å². The molecule has 0 aliphatic rings. The van der Waals surface area contributed by atoms with Crippen molar-refractivity contribution in [2.75, 3.05) is 19.6 Å². The zero-order chi connectivity index (χ0) is 18.0. The predicted octanol–water partition coefficient (Wildman–Crippen LogP) is 0.720. The summed E-state index contributed by atoms with van der Waals surface area (Å²) in [7, 11) is 0. The molecule has 134 valence electrons. The van der Waals surface area contributed by atoms with E-state index in [4.69, 9.17) is 9.15 Å². The summed E-state index contributed by atoms with van der Waals surface area (Å²) in [5.74, 6) is 0.247. The fraction of sp³-hybridized carbons (Fsp3) is 0.533. The van der Waals surface area contributed by atoms with Crippen LogP contribution in [0.1, 0.15) is 26.5 Å². The molecule has 0 bridgehead atoms. The van der Waals surface area contributed by atoms with Crippen LogP contribution in [-0.4, -0.2) is 43.3 Å². The fourth-order valence-corrected chi connectivity index (χ4v) is 1.55. The number of carbonyl (C=O) groups is 3. The third kappa shape index (κ3) is 9.34. The Morgan fingerprint density at radius 1 is 1.08 bits per heavy atom. The third-order valence-electron chi connectivity index (χ3n) is 2.53. The molecule has 0 saturated carbocycles. The smallest absolute Gasteiger partial charge is 0.407 e. The van der Waals surface area contributed by atoms with Gasteiger partial charge < -0.3 is 30.4 Å². The lowest BCUT2D eigenvalue weighted by Gasteiger charge is -2.19. The van der Waals surface area contributed by atoms with Crippen LogP contribution >= 0.6 is 0 Å². The number of ether oxygens (including phenoxy) is 1. The molecule has 0 unspecified atom stereocenters. The first-order valence-electron chi connectivity index (χ1n) is 7.54. The Hall–Kier alpha value is -2.71. The number of hydrogen-bond acceptors (Lipinski definition) is 5. The van der Waals surface area contributed by atoms with E-state index in [-0.39, 0.29) is 32.1 Å². The minimum atomic E-state index is -0.569. The van der Waals surface area contributed by atoms with Gasteiger partial charge in [0.05, 0.1) is 19.4 Å². The summed E-state index contributed by atoms with van der Waals surface area (Å²) in [5, 5.41) is 10.0. The molecule has 4 N–H and O–H groups in total. The maximum absolute atomic E-state index is 11.5. The van der Waals surface area contributed by atoms with Gasteiger partial charge in [-0.2, -0.15) is 0 Å². The molecule has 1 heterocycles. The number of hydrogen-bond donors (Lipinski definition) is 4. The van der Waals surface area contributed by atoms with Crippen molar-refractivity contribution in [2.45, 2.75) is 32.9 Å². The van der Waals surface area contributed by atoms with Crippen LogP contribution in [0.4, 0.5) is 9.59 Å². The van der Waals surface area contributed by atoms with E-state index in [1.165, 1.54) is 6.26 Å². The topological polar surface area (TPSA) is 122 Å². The summed E-state index contributed by atoms with van der Waals surface area (Å²) >= 11 is 0. The molecule has 4 amide bonds. The number of urea groups is 1. The van der Waals surface area contributed by atoms with E-state index >= 15 is 0 Å². The minimum Gasteiger partial charge on any atom is -0.467 e. The van der Waals surface area contributed by atoms with Crippen LogP contribution in [0, 0.1) is 0 Å². The maximum atomic E-state index is 11.5. The zero-order valence-corrected chi connectivity index (χ0v) is 14.1. The summed E-state index contributed by atoms with van der Waals surface area (Å²) in [6, 6.07) is 2.96. The van der Waals surface area contributed by atoms with E-state index in [0.29, 0.717) is 5.76 Å². The average molecular weight is 340 g/mol. The van der Waals surface area contributed by atoms with Crippen molar-refractivity contribution in [1.29, 1.82) is 0 Å². The van der Waals surface area contributed by atoms with Crippen LogP contribution in [0.2, 0.25) is 0 Å². The van der Waals surface area contributed by atoms with Crippen molar-refractivity contribution in [3.8, 4) is 0 Å². The van der Waals surface area contributed by atoms with Crippen molar-refractivity contribution >= 4 is 18.0 Å². The van der Waals surface area contributed by atoms with Gasteiger partial charge in [0.1, 0.15) is 11.4 Å². The molecule has 9 heteroatoms. The molecule has 1 rings (SSSR count). The summed E-state index contributed by atoms with van der Waals surface area (Å²) in [4.78, 5) is 34.4. The Morgan fingerprint density at radius 3 is 2.42 bits per heavy atom. The first kappa shape index (κ1) is 19.3. The number of alkyl carbamates (subject to hydrolysis) is 1. The first-order valence-corrected chi connectivity index (χ1v) is 7.54. The first-order chi connectivity index (χ1) is 11.3. The molecule has 0 saturated heterocycles. The van der Waals surface area contributed by atoms with Crippen LogP contribution < -0.4 is 21.3 Å². The van der Waals surface area contributed by atoms with Crippen LogP contribution in [0.3, 0.4) is 0 Å². The van der Waals surface area contributed by atoms with Gasteiger partial charge >= 0.3 is 12.1 Å². The Kier molecular flexibility index (Phi) is 7.60. The maximum Gasteiger partial charge on any atom is 0.407 e. The molecule has 1 aromatic rings. The highest BCUT2D eigenvalue weighted by Gasteiger charge is 2.15. The van der Waals surface area contributed by atoms with Crippen molar-refractivity contribution in [2.24, 2.45) is 0 Å². The molecular formula is C15H24N4O5. The van der Waals surface area contributed by atoms with E-state index in [0.717, 1.165) is 0 Å². The zero-order valence-electron chi connectivity index (χ0n) is 14.1. The second kappa shape index (κ2) is 9.43. The molecule has 0 spiro atoms. The Balaban J connectivity index is 2.05. The molecule has 0 aliphatic carbocycles. The number of rotatable bonds is 7. The number of amides is 4. The highest BCUT2D eigenvalue weighted by molar-refractivity contribution is 5.83. The largest absolute Gasteiger partial charge is 0.467 e. The van der Waals surface area contributed by atoms with Crippen LogP contribution in [0.25, 0.3) is 0 Å². The molecule has 0 aromatic carbocycles. The summed E-state index contributed by atoms with van der Waals surface area (Å²) in [6.45, 7) is 5.81. The van der Waals surface area contributed by atoms with Crippen LogP contribution in [0.5, 0.6) is 0 Å². The second-order valence-electron chi connectivity index (χ2n) is 5.89. The van der Waals surface area contributed by atoms with E-state index in [2.05, 4.69) is 21.3 Å². The molecule has 0 fully saturated rings. The normalized spacial score (nSPS) is 10.6. The van der Waals surface area contributed by atoms with E-state index in [9.17, 15) is 14.4 Å². The minimum absolute atomic E-state index is 0.170. The highest BCUT2D eigenvalue weighted by Crippen LogP contribution is 2.05. The van der Waals surface area contributed by atoms with Crippen molar-refractivity contribution in [3.63, 3.8) is 0 Å². The Bertz CT molecular complexity index is 537. The summed E-state index contributed by atoms with van der Waals surface area (Å²) in [6.07, 6.45) is 0.959. The molecule has 1 aromatic heterocycles. The van der Waals surface area contributed by atoms with Gasteiger partial charge in [-0.05, 0) is 32.9 Å². The van der Waals surface area contributed by atoms with Crippen molar-refractivity contribution in [1.82, 2.24) is 21.3 Å². The fourth-order valence-electron chi connectivity index (χ4n) is 1.55. The second-order valence-corrected chi connectivity index (χ2v) is 5.89. The Morgan fingerprint density at radius 2 is 1.79 bits per heavy atom. The van der Waals surface area contributed by atoms with Gasteiger partial charge in [-0.25, -0.2) is 9.59 Å². The van der Waals surface area contributed by atoms with E-state index in [1.807, 2.05) is 0 Å². The lowest BCUT2D eigenvalue weighted by molar-refractivity contribution is -0.120. The average Bonchev–Trinajstić information content (AvgIpc) is 2.99. The molecule has 24 heavy (non-hydrogen) atoms. The van der Waals surface area contributed by atoms with Gasteiger partial charge in [-0.1, -0.05) is 0 Å². The Labute approximate surface area is 140 Å². The van der Waals surface area contributed by atoms with E-state index < -0.39 is 17.7 Å². The molecular weight excluding hydrogens is 316 g/mol. The van der Waals surface area contributed by atoms with Gasteiger partial charge in [0, 0.05) is 13.1 Å². The van der Waals surface area contributed by atoms with Crippen LogP contribution in [0.15, 0.2) is 22.8 Å². The quantitative estimate of drug-likeness (QED) is 0.545. The monoisotopic (exact) mass is 340 g/mol. The van der Waals surface area contributed by atoms with Gasteiger partial charge in [-0.3, -0.25) is 4.79 Å². The van der Waals surface area contributed by atoms with Crippen molar-refractivity contribution < 1.29 is 23.5 Å². The van der Waals surface area contributed by atoms with Gasteiger partial charge in [-0.15, -0.1) is 0 Å². The number of furan rings is 1. The lowest BCUT2D eigenvalue weighted by Crippen LogP contribution is -2.43.